The van der Waals surface area contributed by atoms with E-state index in [0.29, 0.717) is 0 Å². The van der Waals surface area contributed by atoms with Crippen LogP contribution in [0.2, 0.25) is 0 Å². The van der Waals surface area contributed by atoms with E-state index in [4.69, 9.17) is 4.42 Å². The molecule has 0 bridgehead atoms. The van der Waals surface area contributed by atoms with E-state index in [-0.39, 0.29) is 0 Å². The number of nitrogens with zero attached hydrogens (tertiary/aromatic N) is 1. The summed E-state index contributed by atoms with van der Waals surface area (Å²) in [7, 11) is 2.14. The number of aromatic nitrogens is 1. The van der Waals surface area contributed by atoms with Crippen molar-refractivity contribution in [2.75, 3.05) is 0 Å². The largest absolute Gasteiger partial charge is 0.455 e. The van der Waals surface area contributed by atoms with Crippen molar-refractivity contribution >= 4 is 32.7 Å². The smallest absolute Gasteiger partial charge is 0.224 e. The van der Waals surface area contributed by atoms with Crippen molar-refractivity contribution in [3.8, 4) is 22.4 Å². The third kappa shape index (κ3) is 3.13. The minimum Gasteiger partial charge on any atom is -0.455 e. The molecule has 2 heteroatoms. The van der Waals surface area contributed by atoms with Gasteiger partial charge < -0.3 is 4.42 Å². The van der Waals surface area contributed by atoms with Crippen LogP contribution in [0.4, 0.5) is 0 Å². The van der Waals surface area contributed by atoms with Crippen LogP contribution in [0.15, 0.2) is 77.3 Å². The van der Waals surface area contributed by atoms with Crippen LogP contribution in [0.5, 0.6) is 0 Å². The fourth-order valence-electron chi connectivity index (χ4n) is 5.79. The Morgan fingerprint density at radius 1 is 0.600 bits per heavy atom. The average molecular weight is 457 g/mol. The highest BCUT2D eigenvalue weighted by molar-refractivity contribution is 6.12. The minimum atomic E-state index is 0.935. The van der Waals surface area contributed by atoms with Crippen LogP contribution in [0.3, 0.4) is 0 Å². The van der Waals surface area contributed by atoms with Crippen LogP contribution in [0, 0.1) is 34.6 Å². The van der Waals surface area contributed by atoms with Crippen molar-refractivity contribution in [3.05, 3.63) is 101 Å². The lowest BCUT2D eigenvalue weighted by atomic mass is 9.88. The molecule has 172 valence electrons. The Hall–Kier alpha value is -3.91. The quantitative estimate of drug-likeness (QED) is 0.239. The summed E-state index contributed by atoms with van der Waals surface area (Å²) in [5, 5.41) is 4.88. The van der Waals surface area contributed by atoms with Crippen LogP contribution in [0.1, 0.15) is 27.8 Å². The average Bonchev–Trinajstić information content (AvgIpc) is 3.20. The molecule has 0 N–H and O–H groups in total. The standard InChI is InChI=1S/C33H30NO/c1-19-10-9-11-20(2)30(19)25-14-15-27-24(23(25)5)16-17-34(6)32(27)31-22(4)21(3)18-28-26-12-7-8-13-29(26)35-33(28)31/h7-18H,1-6H3/q+1. The third-order valence-corrected chi connectivity index (χ3v) is 7.76. The Bertz CT molecular complexity index is 1780. The summed E-state index contributed by atoms with van der Waals surface area (Å²) in [5.41, 5.74) is 13.4. The van der Waals surface area contributed by atoms with Crippen molar-refractivity contribution < 1.29 is 8.98 Å². The van der Waals surface area contributed by atoms with Crippen molar-refractivity contribution in [1.29, 1.82) is 0 Å². The summed E-state index contributed by atoms with van der Waals surface area (Å²) >= 11 is 0. The summed E-state index contributed by atoms with van der Waals surface area (Å²) in [4.78, 5) is 0. The molecule has 0 aliphatic rings. The Labute approximate surface area is 206 Å². The van der Waals surface area contributed by atoms with Crippen molar-refractivity contribution in [3.63, 3.8) is 0 Å². The fraction of sp³-hybridized carbons (Fsp3) is 0.182. The molecule has 0 radical (unpaired) electrons. The first kappa shape index (κ1) is 21.6. The maximum atomic E-state index is 6.52. The Kier molecular flexibility index (Phi) is 4.82. The van der Waals surface area contributed by atoms with Gasteiger partial charge in [-0.2, -0.15) is 0 Å². The van der Waals surface area contributed by atoms with Gasteiger partial charge in [0.25, 0.3) is 0 Å². The van der Waals surface area contributed by atoms with Gasteiger partial charge in [0.05, 0.1) is 10.9 Å². The SMILES string of the molecule is Cc1cc2c(oc3ccccc32)c(-c2c3ccc(-c4c(C)cccc4C)c(C)c3cc[n+]2C)c1C. The first-order valence-corrected chi connectivity index (χ1v) is 12.3. The van der Waals surface area contributed by atoms with E-state index in [0.717, 1.165) is 11.2 Å². The highest BCUT2D eigenvalue weighted by atomic mass is 16.3. The molecule has 0 amide bonds. The van der Waals surface area contributed by atoms with E-state index in [9.17, 15) is 0 Å². The normalized spacial score (nSPS) is 11.7. The van der Waals surface area contributed by atoms with E-state index in [2.05, 4.69) is 113 Å². The topological polar surface area (TPSA) is 17.0 Å². The second-order valence-electron chi connectivity index (χ2n) is 9.91. The van der Waals surface area contributed by atoms with Crippen molar-refractivity contribution in [1.82, 2.24) is 0 Å². The summed E-state index contributed by atoms with van der Waals surface area (Å²) < 4.78 is 8.76. The zero-order chi connectivity index (χ0) is 24.4. The third-order valence-electron chi connectivity index (χ3n) is 7.76. The van der Waals surface area contributed by atoms with Crippen LogP contribution >= 0.6 is 0 Å². The maximum absolute atomic E-state index is 6.52. The number of rotatable bonds is 2. The molecule has 0 aliphatic heterocycles. The minimum absolute atomic E-state index is 0.935. The van der Waals surface area contributed by atoms with Gasteiger partial charge >= 0.3 is 0 Å². The molecule has 0 aliphatic carbocycles. The molecular formula is C33H30NO+. The molecule has 4 aromatic carbocycles. The van der Waals surface area contributed by atoms with E-state index in [1.807, 2.05) is 6.07 Å². The second-order valence-corrected chi connectivity index (χ2v) is 9.91. The number of hydrogen-bond donors (Lipinski definition) is 0. The number of hydrogen-bond acceptors (Lipinski definition) is 1. The number of benzene rings is 4. The van der Waals surface area contributed by atoms with Crippen molar-refractivity contribution in [2.24, 2.45) is 7.05 Å². The first-order chi connectivity index (χ1) is 16.9. The molecule has 2 heterocycles. The van der Waals surface area contributed by atoms with Crippen LogP contribution in [0.25, 0.3) is 55.1 Å². The zero-order valence-corrected chi connectivity index (χ0v) is 21.3. The number of furan rings is 1. The predicted molar refractivity (Wildman–Crippen MR) is 147 cm³/mol. The first-order valence-electron chi connectivity index (χ1n) is 12.3. The summed E-state index contributed by atoms with van der Waals surface area (Å²) in [6.07, 6.45) is 2.19. The molecule has 2 aromatic heterocycles. The number of para-hydroxylation sites is 1. The fourth-order valence-corrected chi connectivity index (χ4v) is 5.79. The zero-order valence-electron chi connectivity index (χ0n) is 21.3. The molecule has 6 rings (SSSR count). The molecule has 0 saturated carbocycles. The molecule has 0 fully saturated rings. The molecule has 35 heavy (non-hydrogen) atoms. The lowest BCUT2D eigenvalue weighted by Gasteiger charge is -2.16. The Balaban J connectivity index is 1.72. The van der Waals surface area contributed by atoms with Gasteiger partial charge in [-0.05, 0) is 97.1 Å². The maximum Gasteiger partial charge on any atom is 0.224 e. The lowest BCUT2D eigenvalue weighted by molar-refractivity contribution is -0.659. The summed E-state index contributed by atoms with van der Waals surface area (Å²) in [6.45, 7) is 11.1. The van der Waals surface area contributed by atoms with Gasteiger partial charge in [0, 0.05) is 16.8 Å². The van der Waals surface area contributed by atoms with Crippen LogP contribution < -0.4 is 4.57 Å². The predicted octanol–water partition coefficient (Wildman–Crippen LogP) is 8.44. The van der Waals surface area contributed by atoms with E-state index < -0.39 is 0 Å². The highest BCUT2D eigenvalue weighted by Gasteiger charge is 2.25. The molecule has 0 atom stereocenters. The molecule has 2 nitrogen and oxygen atoms in total. The van der Waals surface area contributed by atoms with Gasteiger partial charge in [-0.3, -0.25) is 0 Å². The van der Waals surface area contributed by atoms with Gasteiger partial charge in [0.1, 0.15) is 18.2 Å². The van der Waals surface area contributed by atoms with Gasteiger partial charge in [-0.1, -0.05) is 42.5 Å². The van der Waals surface area contributed by atoms with Crippen LogP contribution in [-0.2, 0) is 7.05 Å². The Morgan fingerprint density at radius 2 is 1.34 bits per heavy atom. The number of pyridine rings is 1. The van der Waals surface area contributed by atoms with E-state index in [1.165, 1.54) is 71.7 Å². The molecule has 0 unspecified atom stereocenters. The Morgan fingerprint density at radius 3 is 2.11 bits per heavy atom. The monoisotopic (exact) mass is 456 g/mol. The molecular weight excluding hydrogens is 426 g/mol. The van der Waals surface area contributed by atoms with E-state index >= 15 is 0 Å². The summed E-state index contributed by atoms with van der Waals surface area (Å²) in [5.74, 6) is 0. The van der Waals surface area contributed by atoms with Gasteiger partial charge in [-0.15, -0.1) is 0 Å². The molecule has 6 aromatic rings. The van der Waals surface area contributed by atoms with Crippen molar-refractivity contribution in [2.45, 2.75) is 34.6 Å². The lowest BCUT2D eigenvalue weighted by Crippen LogP contribution is -2.31. The number of aryl methyl sites for hydroxylation is 5. The molecule has 0 saturated heterocycles. The van der Waals surface area contributed by atoms with Gasteiger partial charge in [0.15, 0.2) is 6.20 Å². The molecule has 0 spiro atoms. The van der Waals surface area contributed by atoms with Crippen LogP contribution in [-0.4, -0.2) is 0 Å². The van der Waals surface area contributed by atoms with Gasteiger partial charge in [-0.25, -0.2) is 4.57 Å². The van der Waals surface area contributed by atoms with E-state index in [1.54, 1.807) is 0 Å². The number of fused-ring (bicyclic) bond motifs is 4. The highest BCUT2D eigenvalue weighted by Crippen LogP contribution is 2.42. The summed E-state index contributed by atoms with van der Waals surface area (Å²) in [6, 6.07) is 24.0. The van der Waals surface area contributed by atoms with Gasteiger partial charge in [0.2, 0.25) is 5.69 Å². The second kappa shape index (κ2) is 7.81.